The number of hydrogen-bond acceptors (Lipinski definition) is 3. The molecule has 0 aromatic heterocycles. The molecule has 0 radical (unpaired) electrons. The molecule has 0 saturated heterocycles. The molecule has 0 amide bonds. The van der Waals surface area contributed by atoms with Gasteiger partial charge in [0.05, 0.1) is 10.6 Å². The lowest BCUT2D eigenvalue weighted by Crippen LogP contribution is -2.29. The molecule has 0 aliphatic carbocycles. The van der Waals surface area contributed by atoms with E-state index in [0.29, 0.717) is 12.5 Å². The Balaban J connectivity index is 3.24. The molecule has 0 heterocycles. The molecule has 1 aromatic carbocycles. The maximum atomic E-state index is 12.6. The van der Waals surface area contributed by atoms with Gasteiger partial charge in [0.2, 0.25) is 10.0 Å². The third kappa shape index (κ3) is 3.85. The SMILES string of the molecule is CN(CCCN)S(=O)(=O)c1cc(C(F)(F)F)ccc1Cl. The Morgan fingerprint density at radius 2 is 1.95 bits per heavy atom. The van der Waals surface area contributed by atoms with Crippen LogP contribution in [0.5, 0.6) is 0 Å². The summed E-state index contributed by atoms with van der Waals surface area (Å²) in [4.78, 5) is -0.562. The summed E-state index contributed by atoms with van der Waals surface area (Å²) in [6.07, 6.45) is -4.24. The topological polar surface area (TPSA) is 63.4 Å². The van der Waals surface area contributed by atoms with Gasteiger partial charge in [-0.25, -0.2) is 12.7 Å². The number of nitrogens with two attached hydrogens (primary N) is 1. The Morgan fingerprint density at radius 3 is 2.45 bits per heavy atom. The van der Waals surface area contributed by atoms with Gasteiger partial charge in [-0.3, -0.25) is 0 Å². The van der Waals surface area contributed by atoms with Crippen LogP contribution in [0.15, 0.2) is 23.1 Å². The van der Waals surface area contributed by atoms with Crippen LogP contribution in [-0.4, -0.2) is 32.9 Å². The number of benzene rings is 1. The van der Waals surface area contributed by atoms with Gasteiger partial charge in [0.25, 0.3) is 0 Å². The van der Waals surface area contributed by atoms with E-state index in [0.717, 1.165) is 16.4 Å². The molecule has 9 heteroatoms. The van der Waals surface area contributed by atoms with Crippen molar-refractivity contribution < 1.29 is 21.6 Å². The highest BCUT2D eigenvalue weighted by Crippen LogP contribution is 2.34. The number of rotatable bonds is 5. The van der Waals surface area contributed by atoms with Crippen LogP contribution in [0, 0.1) is 0 Å². The van der Waals surface area contributed by atoms with Crippen molar-refractivity contribution in [3.63, 3.8) is 0 Å². The minimum absolute atomic E-state index is 0.103. The second-order valence-electron chi connectivity index (χ2n) is 4.11. The number of sulfonamides is 1. The standard InChI is InChI=1S/C11H14ClF3N2O2S/c1-17(6-2-5-16)20(18,19)10-7-8(11(13,14)15)3-4-9(10)12/h3-4,7H,2,5-6,16H2,1H3. The van der Waals surface area contributed by atoms with E-state index < -0.39 is 26.7 Å². The molecule has 0 aliphatic rings. The summed E-state index contributed by atoms with van der Waals surface area (Å²) in [5, 5.41) is -0.252. The van der Waals surface area contributed by atoms with Crippen LogP contribution in [0.25, 0.3) is 0 Å². The molecule has 1 aromatic rings. The predicted molar refractivity (Wildman–Crippen MR) is 69.9 cm³/mol. The zero-order valence-electron chi connectivity index (χ0n) is 10.6. The van der Waals surface area contributed by atoms with Crippen molar-refractivity contribution in [1.29, 1.82) is 0 Å². The Bertz CT molecular complexity index is 576. The summed E-state index contributed by atoms with van der Waals surface area (Å²) in [5.74, 6) is 0. The Kier molecular flexibility index (Phi) is 5.42. The first-order valence-electron chi connectivity index (χ1n) is 5.64. The Labute approximate surface area is 120 Å². The third-order valence-electron chi connectivity index (χ3n) is 2.62. The molecule has 0 atom stereocenters. The quantitative estimate of drug-likeness (QED) is 0.901. The summed E-state index contributed by atoms with van der Waals surface area (Å²) in [5.41, 5.74) is 4.21. The first kappa shape index (κ1) is 17.2. The van der Waals surface area contributed by atoms with E-state index in [-0.39, 0.29) is 18.1 Å². The monoisotopic (exact) mass is 330 g/mol. The summed E-state index contributed by atoms with van der Waals surface area (Å²) >= 11 is 5.71. The van der Waals surface area contributed by atoms with Gasteiger partial charge in [-0.05, 0) is 31.2 Å². The fourth-order valence-corrected chi connectivity index (χ4v) is 3.19. The van der Waals surface area contributed by atoms with E-state index in [2.05, 4.69) is 0 Å². The second kappa shape index (κ2) is 6.30. The molecule has 0 aliphatic heterocycles. The van der Waals surface area contributed by atoms with Crippen molar-refractivity contribution in [3.8, 4) is 0 Å². The molecule has 0 spiro atoms. The number of halogens is 4. The summed E-state index contributed by atoms with van der Waals surface area (Å²) < 4.78 is 63.1. The molecule has 1 rings (SSSR count). The van der Waals surface area contributed by atoms with Crippen molar-refractivity contribution in [2.45, 2.75) is 17.5 Å². The lowest BCUT2D eigenvalue weighted by molar-refractivity contribution is -0.137. The average Bonchev–Trinajstić information content (AvgIpc) is 2.34. The van der Waals surface area contributed by atoms with Crippen LogP contribution < -0.4 is 5.73 Å². The molecule has 4 nitrogen and oxygen atoms in total. The van der Waals surface area contributed by atoms with E-state index >= 15 is 0 Å². The van der Waals surface area contributed by atoms with Gasteiger partial charge in [-0.1, -0.05) is 11.6 Å². The van der Waals surface area contributed by atoms with Gasteiger partial charge < -0.3 is 5.73 Å². The first-order valence-corrected chi connectivity index (χ1v) is 7.45. The van der Waals surface area contributed by atoms with Crippen molar-refractivity contribution in [1.82, 2.24) is 4.31 Å². The predicted octanol–water partition coefficient (Wildman–Crippen LogP) is 2.33. The molecule has 2 N–H and O–H groups in total. The van der Waals surface area contributed by atoms with Crippen LogP contribution in [0.2, 0.25) is 5.02 Å². The highest BCUT2D eigenvalue weighted by Gasteiger charge is 2.33. The van der Waals surface area contributed by atoms with Crippen molar-refractivity contribution in [3.05, 3.63) is 28.8 Å². The average molecular weight is 331 g/mol. The highest BCUT2D eigenvalue weighted by atomic mass is 35.5. The Morgan fingerprint density at radius 1 is 1.35 bits per heavy atom. The van der Waals surface area contributed by atoms with Gasteiger partial charge >= 0.3 is 6.18 Å². The van der Waals surface area contributed by atoms with E-state index in [4.69, 9.17) is 17.3 Å². The molecule has 0 bridgehead atoms. The van der Waals surface area contributed by atoms with Gasteiger partial charge in [0.15, 0.2) is 0 Å². The summed E-state index contributed by atoms with van der Waals surface area (Å²) in [6.45, 7) is 0.377. The van der Waals surface area contributed by atoms with Crippen molar-refractivity contribution in [2.75, 3.05) is 20.1 Å². The van der Waals surface area contributed by atoms with Crippen LogP contribution in [0.1, 0.15) is 12.0 Å². The summed E-state index contributed by atoms with van der Waals surface area (Å²) in [7, 11) is -2.81. The number of alkyl halides is 3. The molecular weight excluding hydrogens is 317 g/mol. The highest BCUT2D eigenvalue weighted by molar-refractivity contribution is 7.89. The van der Waals surface area contributed by atoms with Crippen LogP contribution >= 0.6 is 11.6 Å². The molecule has 114 valence electrons. The lowest BCUT2D eigenvalue weighted by atomic mass is 10.2. The molecule has 0 fully saturated rings. The van der Waals surface area contributed by atoms with Gasteiger partial charge in [0.1, 0.15) is 4.90 Å². The molecule has 0 unspecified atom stereocenters. The third-order valence-corrected chi connectivity index (χ3v) is 4.96. The lowest BCUT2D eigenvalue weighted by Gasteiger charge is -2.18. The minimum atomic E-state index is -4.63. The normalized spacial score (nSPS) is 12.9. The van der Waals surface area contributed by atoms with Gasteiger partial charge in [-0.2, -0.15) is 13.2 Å². The van der Waals surface area contributed by atoms with E-state index in [1.807, 2.05) is 0 Å². The first-order chi connectivity index (χ1) is 9.10. The molecular formula is C11H14ClF3N2O2S. The van der Waals surface area contributed by atoms with Crippen molar-refractivity contribution >= 4 is 21.6 Å². The van der Waals surface area contributed by atoms with E-state index in [1.54, 1.807) is 0 Å². The van der Waals surface area contributed by atoms with Gasteiger partial charge in [-0.15, -0.1) is 0 Å². The zero-order valence-corrected chi connectivity index (χ0v) is 12.2. The maximum Gasteiger partial charge on any atom is 0.416 e. The summed E-state index contributed by atoms with van der Waals surface area (Å²) in [6, 6.07) is 2.20. The fraction of sp³-hybridized carbons (Fsp3) is 0.455. The van der Waals surface area contributed by atoms with Gasteiger partial charge in [0, 0.05) is 13.6 Å². The van der Waals surface area contributed by atoms with E-state index in [1.165, 1.54) is 7.05 Å². The maximum absolute atomic E-state index is 12.6. The van der Waals surface area contributed by atoms with E-state index in [9.17, 15) is 21.6 Å². The number of hydrogen-bond donors (Lipinski definition) is 1. The van der Waals surface area contributed by atoms with Crippen LogP contribution in [0.4, 0.5) is 13.2 Å². The Hall–Kier alpha value is -0.830. The fourth-order valence-electron chi connectivity index (χ4n) is 1.48. The largest absolute Gasteiger partial charge is 0.416 e. The smallest absolute Gasteiger partial charge is 0.330 e. The minimum Gasteiger partial charge on any atom is -0.330 e. The second-order valence-corrected chi connectivity index (χ2v) is 6.53. The number of nitrogens with zero attached hydrogens (tertiary/aromatic N) is 1. The molecule has 0 saturated carbocycles. The molecule has 20 heavy (non-hydrogen) atoms. The van der Waals surface area contributed by atoms with Crippen LogP contribution in [-0.2, 0) is 16.2 Å². The van der Waals surface area contributed by atoms with Crippen molar-refractivity contribution in [2.24, 2.45) is 5.73 Å². The zero-order chi connectivity index (χ0) is 15.6. The van der Waals surface area contributed by atoms with Crippen LogP contribution in [0.3, 0.4) is 0 Å².